The van der Waals surface area contributed by atoms with Crippen molar-refractivity contribution in [3.05, 3.63) is 63.0 Å². The summed E-state index contributed by atoms with van der Waals surface area (Å²) < 4.78 is 10.4. The number of nitrogens with zero attached hydrogens (tertiary/aromatic N) is 2. The lowest BCUT2D eigenvalue weighted by Crippen LogP contribution is -2.36. The van der Waals surface area contributed by atoms with Crippen molar-refractivity contribution in [2.24, 2.45) is 0 Å². The first-order chi connectivity index (χ1) is 14.8. The number of benzene rings is 2. The van der Waals surface area contributed by atoms with Crippen LogP contribution in [0.2, 0.25) is 0 Å². The molecule has 1 N–H and O–H groups in total. The Hall–Kier alpha value is -3.86. The highest BCUT2D eigenvalue weighted by atomic mass is 32.2. The molecule has 1 saturated heterocycles. The molecular weight excluding hydrogens is 426 g/mol. The van der Waals surface area contributed by atoms with Gasteiger partial charge in [-0.25, -0.2) is 0 Å². The molecule has 3 amide bonds. The van der Waals surface area contributed by atoms with Crippen molar-refractivity contribution < 1.29 is 28.8 Å². The van der Waals surface area contributed by atoms with Gasteiger partial charge in [-0.2, -0.15) is 0 Å². The van der Waals surface area contributed by atoms with E-state index in [1.807, 2.05) is 0 Å². The third-order valence-corrected chi connectivity index (χ3v) is 5.15. The summed E-state index contributed by atoms with van der Waals surface area (Å²) in [6.45, 7) is -0.481. The Morgan fingerprint density at radius 2 is 1.81 bits per heavy atom. The molecule has 1 aliphatic heterocycles. The normalized spacial score (nSPS) is 14.6. The summed E-state index contributed by atoms with van der Waals surface area (Å²) in [4.78, 5) is 48.2. The highest BCUT2D eigenvalue weighted by Crippen LogP contribution is 2.34. The third kappa shape index (κ3) is 5.01. The number of imide groups is 1. The third-order valence-electron chi connectivity index (χ3n) is 4.24. The summed E-state index contributed by atoms with van der Waals surface area (Å²) in [6, 6.07) is 10.2. The first-order valence-corrected chi connectivity index (χ1v) is 9.65. The number of carbonyl (C=O) groups excluding carboxylic acids is 3. The zero-order chi connectivity index (χ0) is 22.5. The van der Waals surface area contributed by atoms with Gasteiger partial charge in [0.1, 0.15) is 6.54 Å². The van der Waals surface area contributed by atoms with Crippen LogP contribution in [0.4, 0.5) is 16.2 Å². The Morgan fingerprint density at radius 1 is 1.13 bits per heavy atom. The Bertz CT molecular complexity index is 1080. The monoisotopic (exact) mass is 443 g/mol. The van der Waals surface area contributed by atoms with Gasteiger partial charge < -0.3 is 14.8 Å². The van der Waals surface area contributed by atoms with Crippen molar-refractivity contribution in [1.29, 1.82) is 0 Å². The largest absolute Gasteiger partial charge is 0.493 e. The van der Waals surface area contributed by atoms with E-state index >= 15 is 0 Å². The number of nitrogens with one attached hydrogen (secondary N) is 1. The predicted molar refractivity (Wildman–Crippen MR) is 114 cm³/mol. The summed E-state index contributed by atoms with van der Waals surface area (Å²) in [5, 5.41) is 12.6. The molecule has 1 aliphatic rings. The van der Waals surface area contributed by atoms with Gasteiger partial charge in [0, 0.05) is 17.8 Å². The van der Waals surface area contributed by atoms with E-state index in [9.17, 15) is 24.5 Å². The molecule has 0 spiro atoms. The number of thioether (sulfide) groups is 1. The summed E-state index contributed by atoms with van der Waals surface area (Å²) in [6.07, 6.45) is 1.53. The van der Waals surface area contributed by atoms with Gasteiger partial charge in [-0.15, -0.1) is 0 Å². The summed E-state index contributed by atoms with van der Waals surface area (Å²) in [7, 11) is 2.99. The van der Waals surface area contributed by atoms with Crippen molar-refractivity contribution in [3.63, 3.8) is 0 Å². The Labute approximate surface area is 181 Å². The van der Waals surface area contributed by atoms with Crippen molar-refractivity contribution in [3.8, 4) is 11.5 Å². The number of rotatable bonds is 7. The molecule has 31 heavy (non-hydrogen) atoms. The molecule has 0 aliphatic carbocycles. The summed E-state index contributed by atoms with van der Waals surface area (Å²) >= 11 is 0.725. The zero-order valence-corrected chi connectivity index (χ0v) is 17.3. The molecule has 0 unspecified atom stereocenters. The standard InChI is InChI=1S/C20H17N3O7S/c1-29-15-8-3-12(9-16(15)30-2)10-17-19(25)22(20(26)31-17)11-18(24)21-13-4-6-14(7-5-13)23(27)28/h3-10H,11H2,1-2H3,(H,21,24). The smallest absolute Gasteiger partial charge is 0.294 e. The average Bonchev–Trinajstić information content (AvgIpc) is 3.01. The van der Waals surface area contributed by atoms with Gasteiger partial charge in [0.15, 0.2) is 11.5 Å². The molecule has 3 rings (SSSR count). The Balaban J connectivity index is 1.69. The minimum Gasteiger partial charge on any atom is -0.493 e. The fraction of sp³-hybridized carbons (Fsp3) is 0.150. The lowest BCUT2D eigenvalue weighted by molar-refractivity contribution is -0.384. The van der Waals surface area contributed by atoms with Crippen LogP contribution in [-0.2, 0) is 9.59 Å². The second-order valence-corrected chi connectivity index (χ2v) is 7.23. The quantitative estimate of drug-likeness (QED) is 0.392. The van der Waals surface area contributed by atoms with Gasteiger partial charge in [-0.05, 0) is 47.7 Å². The molecule has 11 heteroatoms. The molecule has 2 aromatic carbocycles. The van der Waals surface area contributed by atoms with Crippen molar-refractivity contribution in [1.82, 2.24) is 4.90 Å². The number of ether oxygens (including phenoxy) is 2. The van der Waals surface area contributed by atoms with Crippen molar-refractivity contribution in [2.75, 3.05) is 26.1 Å². The number of non-ortho nitro benzene ring substituents is 1. The van der Waals surface area contributed by atoms with E-state index in [1.54, 1.807) is 18.2 Å². The lowest BCUT2D eigenvalue weighted by atomic mass is 10.2. The summed E-state index contributed by atoms with van der Waals surface area (Å²) in [5.41, 5.74) is 0.811. The first kappa shape index (κ1) is 21.8. The number of anilines is 1. The van der Waals surface area contributed by atoms with E-state index < -0.39 is 28.5 Å². The zero-order valence-electron chi connectivity index (χ0n) is 16.5. The minimum absolute atomic E-state index is 0.121. The molecule has 1 heterocycles. The van der Waals surface area contributed by atoms with E-state index in [2.05, 4.69) is 5.32 Å². The van der Waals surface area contributed by atoms with Crippen molar-refractivity contribution >= 4 is 46.3 Å². The molecule has 0 bridgehead atoms. The molecule has 1 fully saturated rings. The maximum Gasteiger partial charge on any atom is 0.294 e. The maximum absolute atomic E-state index is 12.6. The molecule has 160 valence electrons. The molecule has 0 radical (unpaired) electrons. The number of hydrogen-bond acceptors (Lipinski definition) is 8. The molecule has 2 aromatic rings. The number of carbonyl (C=O) groups is 3. The predicted octanol–water partition coefficient (Wildman–Crippen LogP) is 3.29. The van der Waals surface area contributed by atoms with Gasteiger partial charge >= 0.3 is 0 Å². The number of hydrogen-bond donors (Lipinski definition) is 1. The first-order valence-electron chi connectivity index (χ1n) is 8.84. The van der Waals surface area contributed by atoms with E-state index in [0.29, 0.717) is 22.7 Å². The van der Waals surface area contributed by atoms with Gasteiger partial charge in [0.2, 0.25) is 5.91 Å². The fourth-order valence-corrected chi connectivity index (χ4v) is 3.58. The van der Waals surface area contributed by atoms with Gasteiger partial charge in [0.25, 0.3) is 16.8 Å². The van der Waals surface area contributed by atoms with Gasteiger partial charge in [-0.3, -0.25) is 29.4 Å². The second-order valence-electron chi connectivity index (χ2n) is 6.23. The molecule has 0 atom stereocenters. The van der Waals surface area contributed by atoms with E-state index in [1.165, 1.54) is 44.6 Å². The number of nitro groups is 1. The SMILES string of the molecule is COc1ccc(C=C2SC(=O)N(CC(=O)Nc3ccc([N+](=O)[O-])cc3)C2=O)cc1OC. The molecule has 0 saturated carbocycles. The minimum atomic E-state index is -0.608. The van der Waals surface area contributed by atoms with Gasteiger partial charge in [0.05, 0.1) is 24.0 Å². The van der Waals surface area contributed by atoms with Crippen LogP contribution < -0.4 is 14.8 Å². The average molecular weight is 443 g/mol. The van der Waals surface area contributed by atoms with Crippen molar-refractivity contribution in [2.45, 2.75) is 0 Å². The van der Waals surface area contributed by atoms with Crippen LogP contribution in [0.3, 0.4) is 0 Å². The van der Waals surface area contributed by atoms with E-state index in [0.717, 1.165) is 16.7 Å². The van der Waals surface area contributed by atoms with Crippen LogP contribution in [0.25, 0.3) is 6.08 Å². The summed E-state index contributed by atoms with van der Waals surface area (Å²) in [5.74, 6) is -0.208. The van der Waals surface area contributed by atoms with E-state index in [-0.39, 0.29) is 10.6 Å². The van der Waals surface area contributed by atoms with Crippen LogP contribution in [0.5, 0.6) is 11.5 Å². The molecular formula is C20H17N3O7S. The van der Waals surface area contributed by atoms with Crippen LogP contribution in [0, 0.1) is 10.1 Å². The van der Waals surface area contributed by atoms with Crippen LogP contribution in [-0.4, -0.2) is 47.6 Å². The van der Waals surface area contributed by atoms with Crippen LogP contribution in [0.1, 0.15) is 5.56 Å². The second kappa shape index (κ2) is 9.30. The van der Waals surface area contributed by atoms with Crippen LogP contribution in [0.15, 0.2) is 47.4 Å². The topological polar surface area (TPSA) is 128 Å². The number of methoxy groups -OCH3 is 2. The van der Waals surface area contributed by atoms with Gasteiger partial charge in [-0.1, -0.05) is 6.07 Å². The lowest BCUT2D eigenvalue weighted by Gasteiger charge is -2.12. The fourth-order valence-electron chi connectivity index (χ4n) is 2.74. The molecule has 10 nitrogen and oxygen atoms in total. The Kier molecular flexibility index (Phi) is 6.55. The number of nitro benzene ring substituents is 1. The Morgan fingerprint density at radius 3 is 2.42 bits per heavy atom. The molecule has 0 aromatic heterocycles. The highest BCUT2D eigenvalue weighted by molar-refractivity contribution is 8.18. The maximum atomic E-state index is 12.6. The highest BCUT2D eigenvalue weighted by Gasteiger charge is 2.36. The van der Waals surface area contributed by atoms with Crippen LogP contribution >= 0.6 is 11.8 Å². The number of amides is 3. The van der Waals surface area contributed by atoms with E-state index in [4.69, 9.17) is 9.47 Å².